The molecule has 0 saturated heterocycles. The molecule has 0 spiro atoms. The van der Waals surface area contributed by atoms with E-state index >= 15 is 0 Å². The van der Waals surface area contributed by atoms with Crippen molar-refractivity contribution in [1.82, 2.24) is 0 Å². The first-order valence-electron chi connectivity index (χ1n) is 8.04. The highest BCUT2D eigenvalue weighted by molar-refractivity contribution is 8.14. The van der Waals surface area contributed by atoms with Gasteiger partial charge in [0.15, 0.2) is 11.6 Å². The Kier molecular flexibility index (Phi) is 7.37. The van der Waals surface area contributed by atoms with Crippen molar-refractivity contribution in [3.8, 4) is 5.75 Å². The summed E-state index contributed by atoms with van der Waals surface area (Å²) < 4.78 is 19.3. The third kappa shape index (κ3) is 5.94. The Morgan fingerprint density at radius 3 is 1.86 bits per heavy atom. The van der Waals surface area contributed by atoms with Gasteiger partial charge in [0.05, 0.1) is 5.56 Å². The van der Waals surface area contributed by atoms with Crippen LogP contribution in [0.5, 0.6) is 5.75 Å². The molecule has 0 aliphatic rings. The van der Waals surface area contributed by atoms with Crippen LogP contribution in [-0.4, -0.2) is 16.2 Å². The van der Waals surface area contributed by atoms with Gasteiger partial charge in [0.25, 0.3) is 0 Å². The zero-order valence-electron chi connectivity index (χ0n) is 15.3. The molecular weight excluding hydrogens is 399 g/mol. The Labute approximate surface area is 170 Å². The predicted molar refractivity (Wildman–Crippen MR) is 109 cm³/mol. The summed E-state index contributed by atoms with van der Waals surface area (Å²) in [5.74, 6) is -1.74. The molecule has 4 nitrogen and oxygen atoms in total. The minimum atomic E-state index is -0.757. The molecule has 0 aliphatic heterocycles. The maximum Gasteiger partial charge on any atom is 0.343 e. The molecule has 0 amide bonds. The molecule has 2 aromatic carbocycles. The largest absolute Gasteiger partial charge is 0.420 e. The summed E-state index contributed by atoms with van der Waals surface area (Å²) in [6, 6.07) is 10.1. The van der Waals surface area contributed by atoms with Crippen molar-refractivity contribution in [1.29, 1.82) is 0 Å². The number of esters is 1. The van der Waals surface area contributed by atoms with Crippen molar-refractivity contribution in [2.45, 2.75) is 23.6 Å². The summed E-state index contributed by atoms with van der Waals surface area (Å²) in [7, 11) is 0. The molecule has 2 aromatic rings. The number of ether oxygens (including phenoxy) is 1. The molecule has 0 N–H and O–H groups in total. The lowest BCUT2D eigenvalue weighted by Crippen LogP contribution is -2.09. The molecule has 7 heteroatoms. The highest BCUT2D eigenvalue weighted by Crippen LogP contribution is 2.28. The van der Waals surface area contributed by atoms with Crippen LogP contribution in [0, 0.1) is 5.82 Å². The highest BCUT2D eigenvalue weighted by Gasteiger charge is 2.15. The standard InChI is InChI=1S/C21H17FO4S2/c1-12(2)20(24)27-15-7-5-14(6-8-15)19(23)26-18-10-9-16(11-17(18)22)28-21(25)13(3)4/h5-11H,1,3H2,2,4H3. The molecule has 0 unspecified atom stereocenters. The number of carbonyl (C=O) groups is 3. The van der Waals surface area contributed by atoms with Crippen molar-refractivity contribution < 1.29 is 23.5 Å². The van der Waals surface area contributed by atoms with Crippen LogP contribution in [0.3, 0.4) is 0 Å². The molecule has 0 fully saturated rings. The number of hydrogen-bond acceptors (Lipinski definition) is 6. The lowest BCUT2D eigenvalue weighted by molar-refractivity contribution is -0.108. The van der Waals surface area contributed by atoms with Crippen molar-refractivity contribution in [3.05, 3.63) is 78.1 Å². The van der Waals surface area contributed by atoms with E-state index in [1.165, 1.54) is 24.3 Å². The maximum absolute atomic E-state index is 14.2. The predicted octanol–water partition coefficient (Wildman–Crippen LogP) is 5.43. The summed E-state index contributed by atoms with van der Waals surface area (Å²) in [6.45, 7) is 10.3. The Hall–Kier alpha value is -2.64. The van der Waals surface area contributed by atoms with Gasteiger partial charge in [-0.25, -0.2) is 9.18 Å². The number of rotatable bonds is 6. The molecule has 0 heterocycles. The van der Waals surface area contributed by atoms with E-state index in [1.54, 1.807) is 26.0 Å². The zero-order chi connectivity index (χ0) is 20.8. The number of carbonyl (C=O) groups excluding carboxylic acids is 3. The number of hydrogen-bond donors (Lipinski definition) is 0. The lowest BCUT2D eigenvalue weighted by atomic mass is 10.2. The molecule has 0 aliphatic carbocycles. The average molecular weight is 416 g/mol. The maximum atomic E-state index is 14.2. The monoisotopic (exact) mass is 416 g/mol. The first-order valence-corrected chi connectivity index (χ1v) is 9.68. The van der Waals surface area contributed by atoms with E-state index in [1.807, 2.05) is 0 Å². The van der Waals surface area contributed by atoms with Crippen LogP contribution in [0.25, 0.3) is 0 Å². The van der Waals surface area contributed by atoms with Crippen molar-refractivity contribution >= 4 is 39.7 Å². The summed E-state index contributed by atoms with van der Waals surface area (Å²) in [5.41, 5.74) is 0.991. The van der Waals surface area contributed by atoms with Gasteiger partial charge in [-0.1, -0.05) is 13.2 Å². The smallest absolute Gasteiger partial charge is 0.343 e. The van der Waals surface area contributed by atoms with E-state index in [2.05, 4.69) is 13.2 Å². The van der Waals surface area contributed by atoms with Crippen molar-refractivity contribution in [2.24, 2.45) is 0 Å². The molecule has 0 aromatic heterocycles. The molecule has 0 saturated carbocycles. The first-order chi connectivity index (χ1) is 13.2. The minimum absolute atomic E-state index is 0.166. The Morgan fingerprint density at radius 2 is 1.36 bits per heavy atom. The SMILES string of the molecule is C=C(C)C(=O)Sc1ccc(C(=O)Oc2ccc(SC(=O)C(=C)C)cc2F)cc1. The van der Waals surface area contributed by atoms with E-state index in [9.17, 15) is 18.8 Å². The van der Waals surface area contributed by atoms with Gasteiger partial charge in [0, 0.05) is 9.79 Å². The third-order valence-corrected chi connectivity index (χ3v) is 5.38. The Bertz CT molecular complexity index is 965. The van der Waals surface area contributed by atoms with Crippen LogP contribution in [0.1, 0.15) is 24.2 Å². The number of benzene rings is 2. The number of halogens is 1. The molecule has 0 radical (unpaired) electrons. The fourth-order valence-electron chi connectivity index (χ4n) is 1.83. The fraction of sp³-hybridized carbons (Fsp3) is 0.0952. The van der Waals surface area contributed by atoms with Crippen LogP contribution in [0.2, 0.25) is 0 Å². The van der Waals surface area contributed by atoms with E-state index in [0.717, 1.165) is 29.6 Å². The topological polar surface area (TPSA) is 60.4 Å². The zero-order valence-corrected chi connectivity index (χ0v) is 16.9. The van der Waals surface area contributed by atoms with Gasteiger partial charge in [0.1, 0.15) is 0 Å². The minimum Gasteiger partial charge on any atom is -0.420 e. The summed E-state index contributed by atoms with van der Waals surface area (Å²) >= 11 is 1.84. The lowest BCUT2D eigenvalue weighted by Gasteiger charge is -2.08. The highest BCUT2D eigenvalue weighted by atomic mass is 32.2. The molecule has 28 heavy (non-hydrogen) atoms. The molecule has 0 bridgehead atoms. The Balaban J connectivity index is 2.06. The van der Waals surface area contributed by atoms with Gasteiger partial charge >= 0.3 is 5.97 Å². The van der Waals surface area contributed by atoms with Gasteiger partial charge in [-0.2, -0.15) is 0 Å². The van der Waals surface area contributed by atoms with Crippen molar-refractivity contribution in [2.75, 3.05) is 0 Å². The van der Waals surface area contributed by atoms with Crippen LogP contribution >= 0.6 is 23.5 Å². The summed E-state index contributed by atoms with van der Waals surface area (Å²) in [5, 5.41) is -0.437. The van der Waals surface area contributed by atoms with Crippen molar-refractivity contribution in [3.63, 3.8) is 0 Å². The summed E-state index contributed by atoms with van der Waals surface area (Å²) in [4.78, 5) is 36.5. The molecule has 2 rings (SSSR count). The van der Waals surface area contributed by atoms with Gasteiger partial charge in [-0.05, 0) is 91.0 Å². The second-order valence-corrected chi connectivity index (χ2v) is 7.94. The van der Waals surface area contributed by atoms with E-state index in [4.69, 9.17) is 4.74 Å². The second-order valence-electron chi connectivity index (χ2n) is 5.85. The van der Waals surface area contributed by atoms with E-state index < -0.39 is 11.8 Å². The quantitative estimate of drug-likeness (QED) is 0.271. The van der Waals surface area contributed by atoms with Gasteiger partial charge < -0.3 is 4.74 Å². The van der Waals surface area contributed by atoms with E-state index in [-0.39, 0.29) is 21.5 Å². The van der Waals surface area contributed by atoms with Crippen LogP contribution < -0.4 is 4.74 Å². The van der Waals surface area contributed by atoms with Crippen LogP contribution in [-0.2, 0) is 9.59 Å². The molecule has 0 atom stereocenters. The Morgan fingerprint density at radius 1 is 0.857 bits per heavy atom. The molecule has 144 valence electrons. The van der Waals surface area contributed by atoms with Crippen LogP contribution in [0.15, 0.2) is 76.6 Å². The normalized spacial score (nSPS) is 10.2. The van der Waals surface area contributed by atoms with Gasteiger partial charge in [0.2, 0.25) is 10.2 Å². The molecular formula is C21H17FO4S2. The summed E-state index contributed by atoms with van der Waals surface area (Å²) in [6.07, 6.45) is 0. The van der Waals surface area contributed by atoms with Crippen LogP contribution in [0.4, 0.5) is 4.39 Å². The second kappa shape index (κ2) is 9.52. The fourth-order valence-corrected chi connectivity index (χ4v) is 3.18. The first kappa shape index (κ1) is 21.7. The van der Waals surface area contributed by atoms with E-state index in [0.29, 0.717) is 20.9 Å². The average Bonchev–Trinajstić information content (AvgIpc) is 2.64. The van der Waals surface area contributed by atoms with Gasteiger partial charge in [-0.15, -0.1) is 0 Å². The number of thioether (sulfide) groups is 2. The third-order valence-electron chi connectivity index (χ3n) is 3.31. The van der Waals surface area contributed by atoms with Gasteiger partial charge in [-0.3, -0.25) is 9.59 Å².